The molecule has 8 heteroatoms. The topological polar surface area (TPSA) is 89.8 Å². The van der Waals surface area contributed by atoms with Crippen molar-refractivity contribution < 1.29 is 8.42 Å². The highest BCUT2D eigenvalue weighted by atomic mass is 32.2. The molecule has 2 aromatic heterocycles. The maximum atomic E-state index is 12.9. The molecule has 0 spiro atoms. The summed E-state index contributed by atoms with van der Waals surface area (Å²) in [6.45, 7) is 2.70. The second-order valence-electron chi connectivity index (χ2n) is 6.00. The van der Waals surface area contributed by atoms with E-state index in [1.165, 1.54) is 6.33 Å². The lowest BCUT2D eigenvalue weighted by Gasteiger charge is -2.23. The molecule has 1 N–H and O–H groups in total. The Morgan fingerprint density at radius 2 is 2.17 bits per heavy atom. The van der Waals surface area contributed by atoms with Crippen molar-refractivity contribution in [2.24, 2.45) is 0 Å². The van der Waals surface area contributed by atoms with Crippen molar-refractivity contribution >= 4 is 20.9 Å². The summed E-state index contributed by atoms with van der Waals surface area (Å²) >= 11 is 0. The Bertz CT molecular complexity index is 1010. The van der Waals surface area contributed by atoms with Crippen molar-refractivity contribution in [3.63, 3.8) is 0 Å². The van der Waals surface area contributed by atoms with Crippen LogP contribution in [0.15, 0.2) is 41.7 Å². The molecule has 0 unspecified atom stereocenters. The van der Waals surface area contributed by atoms with Gasteiger partial charge in [-0.05, 0) is 37.5 Å². The molecule has 124 valence electrons. The lowest BCUT2D eigenvalue weighted by molar-refractivity contribution is 0.400. The zero-order chi connectivity index (χ0) is 16.7. The summed E-state index contributed by atoms with van der Waals surface area (Å²) in [4.78, 5) is 8.71. The minimum atomic E-state index is -3.71. The van der Waals surface area contributed by atoms with Crippen LogP contribution in [0.3, 0.4) is 0 Å². The van der Waals surface area contributed by atoms with Gasteiger partial charge in [-0.25, -0.2) is 22.8 Å². The summed E-state index contributed by atoms with van der Waals surface area (Å²) in [7, 11) is -3.71. The van der Waals surface area contributed by atoms with E-state index in [4.69, 9.17) is 0 Å². The Balaban J connectivity index is 1.75. The second-order valence-corrected chi connectivity index (χ2v) is 7.68. The molecule has 24 heavy (non-hydrogen) atoms. The van der Waals surface area contributed by atoms with Gasteiger partial charge in [0.05, 0.1) is 11.6 Å². The number of fused-ring (bicyclic) bond motifs is 2. The molecule has 0 amide bonds. The van der Waals surface area contributed by atoms with E-state index in [9.17, 15) is 8.42 Å². The van der Waals surface area contributed by atoms with Crippen LogP contribution in [0, 0.1) is 6.92 Å². The fraction of sp³-hybridized carbons (Fsp3) is 0.312. The van der Waals surface area contributed by atoms with Gasteiger partial charge in [0.15, 0.2) is 0 Å². The summed E-state index contributed by atoms with van der Waals surface area (Å²) in [5.74, 6) is 0.661. The van der Waals surface area contributed by atoms with Gasteiger partial charge in [0.2, 0.25) is 10.0 Å². The summed E-state index contributed by atoms with van der Waals surface area (Å²) in [5.41, 5.74) is 1.47. The number of rotatable bonds is 3. The molecular formula is C16H17N5O2S. The monoisotopic (exact) mass is 343 g/mol. The predicted molar refractivity (Wildman–Crippen MR) is 88.8 cm³/mol. The molecule has 0 bridgehead atoms. The number of pyridine rings is 1. The largest absolute Gasteiger partial charge is 0.255 e. The van der Waals surface area contributed by atoms with Gasteiger partial charge in [-0.2, -0.15) is 5.10 Å². The third-order valence-electron chi connectivity index (χ3n) is 4.22. The predicted octanol–water partition coefficient (Wildman–Crippen LogP) is 1.95. The number of hydrogen-bond acceptors (Lipinski definition) is 5. The second kappa shape index (κ2) is 5.64. The highest BCUT2D eigenvalue weighted by molar-refractivity contribution is 7.89. The molecule has 3 aromatic rings. The lowest BCUT2D eigenvalue weighted by Crippen LogP contribution is -2.33. The maximum Gasteiger partial charge on any atom is 0.243 e. The molecule has 0 saturated heterocycles. The van der Waals surface area contributed by atoms with E-state index >= 15 is 0 Å². The number of sulfonamides is 1. The Morgan fingerprint density at radius 1 is 1.29 bits per heavy atom. The molecular weight excluding hydrogens is 326 g/mol. The molecule has 7 nitrogen and oxygen atoms in total. The van der Waals surface area contributed by atoms with Gasteiger partial charge < -0.3 is 0 Å². The fourth-order valence-corrected chi connectivity index (χ4v) is 4.52. The Kier molecular flexibility index (Phi) is 3.58. The zero-order valence-corrected chi connectivity index (χ0v) is 14.0. The summed E-state index contributed by atoms with van der Waals surface area (Å²) in [6, 6.07) is 6.75. The smallest absolute Gasteiger partial charge is 0.243 e. The highest BCUT2D eigenvalue weighted by Crippen LogP contribution is 2.27. The van der Waals surface area contributed by atoms with E-state index in [-0.39, 0.29) is 10.9 Å². The number of aromatic nitrogens is 4. The number of aryl methyl sites for hydroxylation is 2. The van der Waals surface area contributed by atoms with Crippen LogP contribution in [-0.4, -0.2) is 28.2 Å². The summed E-state index contributed by atoms with van der Waals surface area (Å²) < 4.78 is 30.4. The number of hydrogen-bond donors (Lipinski definition) is 1. The minimum absolute atomic E-state index is 0.191. The van der Waals surface area contributed by atoms with Gasteiger partial charge >= 0.3 is 0 Å². The Morgan fingerprint density at radius 3 is 3.04 bits per heavy atom. The van der Waals surface area contributed by atoms with Crippen molar-refractivity contribution in [3.8, 4) is 0 Å². The molecule has 1 aliphatic heterocycles. The average Bonchev–Trinajstić information content (AvgIpc) is 3.03. The number of para-hydroxylation sites is 1. The maximum absolute atomic E-state index is 12.9. The average molecular weight is 343 g/mol. The Hall–Kier alpha value is -2.32. The molecule has 3 heterocycles. The van der Waals surface area contributed by atoms with Crippen molar-refractivity contribution in [2.45, 2.75) is 37.2 Å². The van der Waals surface area contributed by atoms with E-state index in [0.717, 1.165) is 23.9 Å². The van der Waals surface area contributed by atoms with Crippen LogP contribution in [0.4, 0.5) is 0 Å². The third kappa shape index (κ3) is 2.57. The van der Waals surface area contributed by atoms with Gasteiger partial charge in [0.1, 0.15) is 17.0 Å². The normalized spacial score (nSPS) is 17.8. The van der Waals surface area contributed by atoms with E-state index in [1.54, 1.807) is 23.0 Å². The number of benzene rings is 1. The van der Waals surface area contributed by atoms with Gasteiger partial charge in [0.25, 0.3) is 0 Å². The van der Waals surface area contributed by atoms with Crippen LogP contribution in [0.25, 0.3) is 10.9 Å². The van der Waals surface area contributed by atoms with Crippen molar-refractivity contribution in [3.05, 3.63) is 48.2 Å². The first-order valence-corrected chi connectivity index (χ1v) is 9.28. The molecule has 0 aliphatic carbocycles. The Labute approximate surface area is 139 Å². The summed E-state index contributed by atoms with van der Waals surface area (Å²) in [5, 5.41) is 4.94. The molecule has 0 fully saturated rings. The van der Waals surface area contributed by atoms with E-state index < -0.39 is 10.0 Å². The zero-order valence-electron chi connectivity index (χ0n) is 13.2. The molecule has 1 aromatic carbocycles. The van der Waals surface area contributed by atoms with Crippen LogP contribution in [-0.2, 0) is 16.6 Å². The molecule has 4 rings (SSSR count). The third-order valence-corrected chi connectivity index (χ3v) is 5.72. The SMILES string of the molecule is Cc1cnc2c(S(=O)(=O)N[C@@H]3CCCn4ncnc43)cccc2c1. The van der Waals surface area contributed by atoms with Gasteiger partial charge in [-0.3, -0.25) is 4.98 Å². The van der Waals surface area contributed by atoms with Crippen LogP contribution >= 0.6 is 0 Å². The summed E-state index contributed by atoms with van der Waals surface area (Å²) in [6.07, 6.45) is 4.70. The van der Waals surface area contributed by atoms with Crippen LogP contribution in [0.2, 0.25) is 0 Å². The molecule has 0 saturated carbocycles. The van der Waals surface area contributed by atoms with E-state index in [2.05, 4.69) is 19.8 Å². The fourth-order valence-electron chi connectivity index (χ4n) is 3.11. The van der Waals surface area contributed by atoms with Crippen molar-refractivity contribution in [1.82, 2.24) is 24.5 Å². The van der Waals surface area contributed by atoms with Crippen LogP contribution in [0.5, 0.6) is 0 Å². The quantitative estimate of drug-likeness (QED) is 0.785. The van der Waals surface area contributed by atoms with Crippen molar-refractivity contribution in [2.75, 3.05) is 0 Å². The number of nitrogens with zero attached hydrogens (tertiary/aromatic N) is 4. The van der Waals surface area contributed by atoms with Gasteiger partial charge in [-0.15, -0.1) is 0 Å². The van der Waals surface area contributed by atoms with Gasteiger partial charge in [0, 0.05) is 18.1 Å². The van der Waals surface area contributed by atoms with E-state index in [1.807, 2.05) is 19.1 Å². The standard InChI is InChI=1S/C16H17N5O2S/c1-11-8-12-4-2-6-14(15(12)17-9-11)24(22,23)20-13-5-3-7-21-16(13)18-10-19-21/h2,4,6,8-10,13,20H,3,5,7H2,1H3/t13-/m1/s1. The first-order chi connectivity index (χ1) is 11.5. The molecule has 1 aliphatic rings. The first-order valence-electron chi connectivity index (χ1n) is 7.80. The lowest BCUT2D eigenvalue weighted by atomic mass is 10.1. The van der Waals surface area contributed by atoms with Crippen LogP contribution in [0.1, 0.15) is 30.3 Å². The molecule has 0 radical (unpaired) electrons. The first kappa shape index (κ1) is 15.2. The van der Waals surface area contributed by atoms with Gasteiger partial charge in [-0.1, -0.05) is 12.1 Å². The minimum Gasteiger partial charge on any atom is -0.255 e. The van der Waals surface area contributed by atoms with Crippen molar-refractivity contribution in [1.29, 1.82) is 0 Å². The van der Waals surface area contributed by atoms with E-state index in [0.29, 0.717) is 17.8 Å². The highest BCUT2D eigenvalue weighted by Gasteiger charge is 2.28. The number of nitrogens with one attached hydrogen (secondary N) is 1. The molecule has 1 atom stereocenters. The van der Waals surface area contributed by atoms with Crippen LogP contribution < -0.4 is 4.72 Å².